The first kappa shape index (κ1) is 9.72. The summed E-state index contributed by atoms with van der Waals surface area (Å²) in [6.45, 7) is 1.91. The van der Waals surface area contributed by atoms with Crippen molar-refractivity contribution in [2.24, 2.45) is 5.73 Å². The molecule has 2 N–H and O–H groups in total. The molecule has 2 rings (SSSR count). The molecule has 2 aromatic rings. The van der Waals surface area contributed by atoms with E-state index >= 15 is 0 Å². The fraction of sp³-hybridized carbons (Fsp3) is 0.222. The fourth-order valence-electron chi connectivity index (χ4n) is 1.25. The van der Waals surface area contributed by atoms with Crippen LogP contribution in [0.25, 0.3) is 5.69 Å². The number of tetrazole rings is 1. The van der Waals surface area contributed by atoms with Crippen molar-refractivity contribution >= 4 is 0 Å². The van der Waals surface area contributed by atoms with Gasteiger partial charge in [0.25, 0.3) is 0 Å². The molecule has 0 aliphatic carbocycles. The minimum Gasteiger partial charge on any atom is -0.324 e. The van der Waals surface area contributed by atoms with Crippen LogP contribution in [0.4, 0.5) is 4.39 Å². The molecule has 0 spiro atoms. The molecule has 0 unspecified atom stereocenters. The highest BCUT2D eigenvalue weighted by atomic mass is 19.1. The Morgan fingerprint density at radius 3 is 2.93 bits per heavy atom. The Bertz CT molecular complexity index is 479. The van der Waals surface area contributed by atoms with Crippen LogP contribution in [0, 0.1) is 12.7 Å². The van der Waals surface area contributed by atoms with Gasteiger partial charge in [0, 0.05) is 0 Å². The Kier molecular flexibility index (Phi) is 2.42. The molecule has 1 aromatic heterocycles. The van der Waals surface area contributed by atoms with Gasteiger partial charge in [-0.25, -0.2) is 4.39 Å². The molecule has 0 aliphatic rings. The second kappa shape index (κ2) is 3.74. The summed E-state index contributed by atoms with van der Waals surface area (Å²) < 4.78 is 14.7. The summed E-state index contributed by atoms with van der Waals surface area (Å²) >= 11 is 0. The Morgan fingerprint density at radius 1 is 1.47 bits per heavy atom. The first-order chi connectivity index (χ1) is 7.22. The van der Waals surface area contributed by atoms with Crippen LogP contribution >= 0.6 is 0 Å². The monoisotopic (exact) mass is 207 g/mol. The van der Waals surface area contributed by atoms with E-state index in [1.165, 1.54) is 10.7 Å². The molecule has 0 saturated heterocycles. The molecule has 78 valence electrons. The summed E-state index contributed by atoms with van der Waals surface area (Å²) in [7, 11) is 0. The van der Waals surface area contributed by atoms with Gasteiger partial charge in [-0.2, -0.15) is 4.68 Å². The highest BCUT2D eigenvalue weighted by molar-refractivity contribution is 5.34. The number of aryl methyl sites for hydroxylation is 1. The molecule has 1 heterocycles. The van der Waals surface area contributed by atoms with Crippen LogP contribution in [-0.2, 0) is 6.54 Å². The molecule has 0 bridgehead atoms. The molecule has 1 aromatic carbocycles. The molecule has 15 heavy (non-hydrogen) atoms. The predicted molar refractivity (Wildman–Crippen MR) is 51.7 cm³/mol. The van der Waals surface area contributed by atoms with E-state index in [0.717, 1.165) is 0 Å². The summed E-state index contributed by atoms with van der Waals surface area (Å²) in [6, 6.07) is 4.80. The average Bonchev–Trinajstić information content (AvgIpc) is 2.70. The van der Waals surface area contributed by atoms with Crippen molar-refractivity contribution in [2.45, 2.75) is 13.5 Å². The maximum absolute atomic E-state index is 13.3. The van der Waals surface area contributed by atoms with Gasteiger partial charge in [-0.15, -0.1) is 5.10 Å². The molecule has 0 atom stereocenters. The maximum atomic E-state index is 13.3. The second-order valence-corrected chi connectivity index (χ2v) is 3.14. The van der Waals surface area contributed by atoms with Crippen molar-refractivity contribution in [3.05, 3.63) is 35.4 Å². The van der Waals surface area contributed by atoms with E-state index in [1.807, 2.05) is 0 Å². The van der Waals surface area contributed by atoms with Gasteiger partial charge >= 0.3 is 0 Å². The number of aromatic nitrogens is 4. The lowest BCUT2D eigenvalue weighted by molar-refractivity contribution is 0.614. The Hall–Kier alpha value is -1.82. The van der Waals surface area contributed by atoms with Crippen molar-refractivity contribution in [3.8, 4) is 5.69 Å². The van der Waals surface area contributed by atoms with Gasteiger partial charge in [0.05, 0.1) is 12.2 Å². The van der Waals surface area contributed by atoms with Gasteiger partial charge in [0.2, 0.25) is 0 Å². The summed E-state index contributed by atoms with van der Waals surface area (Å²) in [5.41, 5.74) is 6.60. The molecule has 0 aliphatic heterocycles. The Morgan fingerprint density at radius 2 is 2.27 bits per heavy atom. The van der Waals surface area contributed by atoms with Gasteiger partial charge in [-0.1, -0.05) is 6.07 Å². The number of benzene rings is 1. The minimum absolute atomic E-state index is 0.211. The van der Waals surface area contributed by atoms with E-state index in [0.29, 0.717) is 17.1 Å². The van der Waals surface area contributed by atoms with Crippen molar-refractivity contribution in [2.75, 3.05) is 0 Å². The topological polar surface area (TPSA) is 69.6 Å². The van der Waals surface area contributed by atoms with Crippen LogP contribution in [-0.4, -0.2) is 20.2 Å². The van der Waals surface area contributed by atoms with Gasteiger partial charge in [-0.05, 0) is 35.0 Å². The molecular weight excluding hydrogens is 197 g/mol. The van der Waals surface area contributed by atoms with E-state index in [2.05, 4.69) is 15.5 Å². The van der Waals surface area contributed by atoms with E-state index in [1.54, 1.807) is 19.1 Å². The molecule has 0 fully saturated rings. The Labute approximate surface area is 85.7 Å². The zero-order chi connectivity index (χ0) is 10.8. The van der Waals surface area contributed by atoms with Gasteiger partial charge in [0.1, 0.15) is 5.82 Å². The number of nitrogens with zero attached hydrogens (tertiary/aromatic N) is 4. The minimum atomic E-state index is -0.286. The normalized spacial score (nSPS) is 10.6. The SMILES string of the molecule is Cc1ccc(-n2nnnc2CN)cc1F. The molecule has 0 amide bonds. The van der Waals surface area contributed by atoms with Crippen molar-refractivity contribution < 1.29 is 4.39 Å². The molecular formula is C9H10FN5. The molecule has 0 radical (unpaired) electrons. The standard InChI is InChI=1S/C9H10FN5/c1-6-2-3-7(4-8(6)10)15-9(5-11)12-13-14-15/h2-4H,5,11H2,1H3. The number of hydrogen-bond acceptors (Lipinski definition) is 4. The third-order valence-electron chi connectivity index (χ3n) is 2.12. The Balaban J connectivity index is 2.50. The third kappa shape index (κ3) is 1.71. The maximum Gasteiger partial charge on any atom is 0.170 e. The van der Waals surface area contributed by atoms with Crippen LogP contribution in [0.3, 0.4) is 0 Å². The highest BCUT2D eigenvalue weighted by Crippen LogP contribution is 2.13. The summed E-state index contributed by atoms with van der Waals surface area (Å²) in [4.78, 5) is 0. The van der Waals surface area contributed by atoms with E-state index < -0.39 is 0 Å². The molecule has 6 heteroatoms. The molecule has 0 saturated carbocycles. The lowest BCUT2D eigenvalue weighted by Crippen LogP contribution is -2.08. The van der Waals surface area contributed by atoms with Crippen LogP contribution in [0.2, 0.25) is 0 Å². The zero-order valence-corrected chi connectivity index (χ0v) is 8.18. The van der Waals surface area contributed by atoms with Crippen molar-refractivity contribution in [3.63, 3.8) is 0 Å². The predicted octanol–water partition coefficient (Wildman–Crippen LogP) is 0.569. The van der Waals surface area contributed by atoms with Crippen molar-refractivity contribution in [1.82, 2.24) is 20.2 Å². The zero-order valence-electron chi connectivity index (χ0n) is 8.18. The number of nitrogens with two attached hydrogens (primary N) is 1. The second-order valence-electron chi connectivity index (χ2n) is 3.14. The van der Waals surface area contributed by atoms with E-state index in [4.69, 9.17) is 5.73 Å². The van der Waals surface area contributed by atoms with Crippen LogP contribution in [0.5, 0.6) is 0 Å². The lowest BCUT2D eigenvalue weighted by atomic mass is 10.2. The number of rotatable bonds is 2. The summed E-state index contributed by atoms with van der Waals surface area (Å²) in [5, 5.41) is 10.9. The van der Waals surface area contributed by atoms with E-state index in [-0.39, 0.29) is 12.4 Å². The first-order valence-electron chi connectivity index (χ1n) is 4.46. The van der Waals surface area contributed by atoms with Crippen LogP contribution < -0.4 is 5.73 Å². The number of halogens is 1. The lowest BCUT2D eigenvalue weighted by Gasteiger charge is -2.03. The quantitative estimate of drug-likeness (QED) is 0.781. The van der Waals surface area contributed by atoms with Gasteiger partial charge < -0.3 is 5.73 Å². The van der Waals surface area contributed by atoms with Crippen LogP contribution in [0.1, 0.15) is 11.4 Å². The van der Waals surface area contributed by atoms with Crippen molar-refractivity contribution in [1.29, 1.82) is 0 Å². The molecule has 5 nitrogen and oxygen atoms in total. The van der Waals surface area contributed by atoms with Gasteiger partial charge in [0.15, 0.2) is 5.82 Å². The summed E-state index contributed by atoms with van der Waals surface area (Å²) in [5.74, 6) is 0.212. The third-order valence-corrected chi connectivity index (χ3v) is 2.12. The van der Waals surface area contributed by atoms with E-state index in [9.17, 15) is 4.39 Å². The largest absolute Gasteiger partial charge is 0.324 e. The first-order valence-corrected chi connectivity index (χ1v) is 4.46. The fourth-order valence-corrected chi connectivity index (χ4v) is 1.25. The number of hydrogen-bond donors (Lipinski definition) is 1. The average molecular weight is 207 g/mol. The summed E-state index contributed by atoms with van der Waals surface area (Å²) in [6.07, 6.45) is 0. The van der Waals surface area contributed by atoms with Crippen LogP contribution in [0.15, 0.2) is 18.2 Å². The smallest absolute Gasteiger partial charge is 0.170 e. The van der Waals surface area contributed by atoms with Gasteiger partial charge in [-0.3, -0.25) is 0 Å². The highest BCUT2D eigenvalue weighted by Gasteiger charge is 2.07.